The second kappa shape index (κ2) is 7.62. The maximum absolute atomic E-state index is 11.2. The van der Waals surface area contributed by atoms with Crippen molar-refractivity contribution in [3.63, 3.8) is 0 Å². The fourth-order valence-corrected chi connectivity index (χ4v) is 1.87. The summed E-state index contributed by atoms with van der Waals surface area (Å²) in [5.41, 5.74) is 2.30. The fourth-order valence-electron chi connectivity index (χ4n) is 1.87. The zero-order valence-corrected chi connectivity index (χ0v) is 12.5. The van der Waals surface area contributed by atoms with Crippen molar-refractivity contribution >= 4 is 11.9 Å². The third kappa shape index (κ3) is 4.64. The van der Waals surface area contributed by atoms with E-state index in [0.29, 0.717) is 11.4 Å². The van der Waals surface area contributed by atoms with Gasteiger partial charge in [-0.05, 0) is 25.3 Å². The first-order valence-electron chi connectivity index (χ1n) is 6.74. The molecule has 0 fully saturated rings. The number of hydrogen-bond donors (Lipinski definition) is 0. The number of carbonyl (C=O) groups excluding carboxylic acids is 2. The first-order valence-corrected chi connectivity index (χ1v) is 6.74. The number of rotatable bonds is 6. The van der Waals surface area contributed by atoms with Crippen molar-refractivity contribution in [3.8, 4) is 5.75 Å². The molecule has 0 unspecified atom stereocenters. The van der Waals surface area contributed by atoms with E-state index in [1.165, 1.54) is 13.8 Å². The zero-order valence-electron chi connectivity index (χ0n) is 12.5. The Hall–Kier alpha value is -1.91. The summed E-state index contributed by atoms with van der Waals surface area (Å²) in [4.78, 5) is 26.5. The summed E-state index contributed by atoms with van der Waals surface area (Å²) < 4.78 is 10.3. The van der Waals surface area contributed by atoms with Crippen LogP contribution in [0.25, 0.3) is 0 Å². The van der Waals surface area contributed by atoms with Crippen molar-refractivity contribution < 1.29 is 19.1 Å². The van der Waals surface area contributed by atoms with E-state index < -0.39 is 5.97 Å². The molecule has 5 nitrogen and oxygen atoms in total. The molecule has 0 aliphatic carbocycles. The Labute approximate surface area is 119 Å². The Morgan fingerprint density at radius 3 is 2.50 bits per heavy atom. The molecule has 5 heteroatoms. The lowest BCUT2D eigenvalue weighted by atomic mass is 10.0. The van der Waals surface area contributed by atoms with Gasteiger partial charge in [-0.25, -0.2) is 0 Å². The van der Waals surface area contributed by atoms with Gasteiger partial charge in [0.05, 0.1) is 5.69 Å². The highest BCUT2D eigenvalue weighted by Crippen LogP contribution is 2.27. The van der Waals surface area contributed by atoms with E-state index in [-0.39, 0.29) is 12.6 Å². The Bertz CT molecular complexity index is 497. The number of pyridine rings is 1. The largest absolute Gasteiger partial charge is 0.461 e. The van der Waals surface area contributed by atoms with Crippen LogP contribution in [0, 0.1) is 6.92 Å². The predicted molar refractivity (Wildman–Crippen MR) is 74.4 cm³/mol. The van der Waals surface area contributed by atoms with Crippen LogP contribution in [0.1, 0.15) is 50.4 Å². The molecule has 0 spiro atoms. The smallest absolute Gasteiger partial charge is 0.308 e. The van der Waals surface area contributed by atoms with Crippen LogP contribution >= 0.6 is 0 Å². The minimum atomic E-state index is -0.411. The maximum Gasteiger partial charge on any atom is 0.308 e. The third-order valence-electron chi connectivity index (χ3n) is 2.87. The van der Waals surface area contributed by atoms with Gasteiger partial charge in [0.25, 0.3) is 0 Å². The van der Waals surface area contributed by atoms with Crippen molar-refractivity contribution in [1.29, 1.82) is 0 Å². The Kier molecular flexibility index (Phi) is 6.15. The number of hydrogen-bond acceptors (Lipinski definition) is 5. The van der Waals surface area contributed by atoms with Gasteiger partial charge < -0.3 is 9.47 Å². The molecule has 20 heavy (non-hydrogen) atoms. The second-order valence-corrected chi connectivity index (χ2v) is 4.65. The minimum absolute atomic E-state index is 0.0976. The Morgan fingerprint density at radius 1 is 1.25 bits per heavy atom. The molecule has 0 bridgehead atoms. The summed E-state index contributed by atoms with van der Waals surface area (Å²) >= 11 is 0. The van der Waals surface area contributed by atoms with Gasteiger partial charge in [-0.15, -0.1) is 0 Å². The van der Waals surface area contributed by atoms with Gasteiger partial charge in [-0.2, -0.15) is 0 Å². The summed E-state index contributed by atoms with van der Waals surface area (Å²) in [6.45, 7) is 6.65. The second-order valence-electron chi connectivity index (χ2n) is 4.65. The van der Waals surface area contributed by atoms with Gasteiger partial charge in [0.1, 0.15) is 6.61 Å². The van der Waals surface area contributed by atoms with E-state index in [2.05, 4.69) is 11.9 Å². The van der Waals surface area contributed by atoms with Crippen molar-refractivity contribution in [3.05, 3.63) is 23.0 Å². The normalized spacial score (nSPS) is 10.2. The molecular formula is C15H21NO4. The van der Waals surface area contributed by atoms with E-state index in [9.17, 15) is 9.59 Å². The van der Waals surface area contributed by atoms with Gasteiger partial charge in [0.2, 0.25) is 0 Å². The molecule has 1 heterocycles. The molecule has 0 aliphatic heterocycles. The lowest BCUT2D eigenvalue weighted by Gasteiger charge is -2.15. The van der Waals surface area contributed by atoms with Gasteiger partial charge in [0.15, 0.2) is 5.75 Å². The van der Waals surface area contributed by atoms with Gasteiger partial charge >= 0.3 is 11.9 Å². The van der Waals surface area contributed by atoms with Gasteiger partial charge in [-0.3, -0.25) is 14.6 Å². The van der Waals surface area contributed by atoms with Crippen LogP contribution in [0.2, 0.25) is 0 Å². The number of aromatic nitrogens is 1. The molecule has 0 radical (unpaired) electrons. The van der Waals surface area contributed by atoms with Gasteiger partial charge in [-0.1, -0.05) is 13.3 Å². The molecule has 110 valence electrons. The molecular weight excluding hydrogens is 258 g/mol. The van der Waals surface area contributed by atoms with E-state index in [4.69, 9.17) is 9.47 Å². The van der Waals surface area contributed by atoms with E-state index in [1.54, 1.807) is 13.1 Å². The van der Waals surface area contributed by atoms with Crippen LogP contribution < -0.4 is 4.74 Å². The highest BCUT2D eigenvalue weighted by Gasteiger charge is 2.16. The number of unbranched alkanes of at least 4 members (excludes halogenated alkanes) is 1. The molecule has 0 saturated carbocycles. The van der Waals surface area contributed by atoms with E-state index in [1.807, 2.05) is 0 Å². The summed E-state index contributed by atoms with van der Waals surface area (Å²) in [7, 11) is 0. The van der Waals surface area contributed by atoms with Crippen molar-refractivity contribution in [2.24, 2.45) is 0 Å². The summed E-state index contributed by atoms with van der Waals surface area (Å²) in [6.07, 6.45) is 4.62. The van der Waals surface area contributed by atoms with Crippen LogP contribution in [0.5, 0.6) is 5.75 Å². The van der Waals surface area contributed by atoms with Crippen LogP contribution in [-0.4, -0.2) is 16.9 Å². The highest BCUT2D eigenvalue weighted by atomic mass is 16.5. The highest BCUT2D eigenvalue weighted by molar-refractivity contribution is 5.70. The molecule has 0 atom stereocenters. The summed E-state index contributed by atoms with van der Waals surface area (Å²) in [6, 6.07) is 0. The average Bonchev–Trinajstić information content (AvgIpc) is 2.37. The number of carbonyl (C=O) groups is 2. The van der Waals surface area contributed by atoms with E-state index >= 15 is 0 Å². The number of ether oxygens (including phenoxy) is 2. The topological polar surface area (TPSA) is 65.5 Å². The van der Waals surface area contributed by atoms with Gasteiger partial charge in [0, 0.05) is 25.6 Å². The molecule has 0 N–H and O–H groups in total. The van der Waals surface area contributed by atoms with Crippen molar-refractivity contribution in [2.75, 3.05) is 0 Å². The maximum atomic E-state index is 11.2. The van der Waals surface area contributed by atoms with Crippen LogP contribution in [0.3, 0.4) is 0 Å². The number of esters is 2. The molecule has 0 aromatic carbocycles. The van der Waals surface area contributed by atoms with Crippen molar-refractivity contribution in [2.45, 2.75) is 53.6 Å². The third-order valence-corrected chi connectivity index (χ3v) is 2.87. The fraction of sp³-hybridized carbons (Fsp3) is 0.533. The Balaban J connectivity index is 3.15. The Morgan fingerprint density at radius 2 is 1.95 bits per heavy atom. The SMILES string of the molecule is CCCCc1cnc(C)c(OC(C)=O)c1COC(C)=O. The molecule has 1 rings (SSSR count). The zero-order chi connectivity index (χ0) is 15.1. The standard InChI is InChI=1S/C15H21NO4/c1-5-6-7-13-8-16-10(2)15(20-12(4)18)14(13)9-19-11(3)17/h8H,5-7,9H2,1-4H3. The quantitative estimate of drug-likeness (QED) is 0.749. The molecule has 0 saturated heterocycles. The van der Waals surface area contributed by atoms with Crippen LogP contribution in [0.15, 0.2) is 6.20 Å². The van der Waals surface area contributed by atoms with Crippen molar-refractivity contribution in [1.82, 2.24) is 4.98 Å². The summed E-state index contributed by atoms with van der Waals surface area (Å²) in [5.74, 6) is -0.367. The summed E-state index contributed by atoms with van der Waals surface area (Å²) in [5, 5.41) is 0. The minimum Gasteiger partial charge on any atom is -0.461 e. The van der Waals surface area contributed by atoms with Crippen LogP contribution in [0.4, 0.5) is 0 Å². The average molecular weight is 279 g/mol. The lowest BCUT2D eigenvalue weighted by molar-refractivity contribution is -0.142. The predicted octanol–water partition coefficient (Wildman–Crippen LogP) is 2.72. The molecule has 0 amide bonds. The lowest BCUT2D eigenvalue weighted by Crippen LogP contribution is -2.11. The first kappa shape index (κ1) is 16.1. The van der Waals surface area contributed by atoms with Crippen LogP contribution in [-0.2, 0) is 27.4 Å². The molecule has 1 aromatic rings. The molecule has 0 aliphatic rings. The monoisotopic (exact) mass is 279 g/mol. The molecule has 1 aromatic heterocycles. The number of nitrogens with zero attached hydrogens (tertiary/aromatic N) is 1. The first-order chi connectivity index (χ1) is 9.45. The van der Waals surface area contributed by atoms with E-state index in [0.717, 1.165) is 30.4 Å². The number of aryl methyl sites for hydroxylation is 2.